The van der Waals surface area contributed by atoms with Crippen LogP contribution in [0.1, 0.15) is 12.7 Å². The molecule has 7 nitrogen and oxygen atoms in total. The van der Waals surface area contributed by atoms with Crippen molar-refractivity contribution in [3.63, 3.8) is 0 Å². The van der Waals surface area contributed by atoms with Crippen LogP contribution in [-0.2, 0) is 11.3 Å². The number of hydrogen-bond donors (Lipinski definition) is 3. The number of carbonyl (C=O) groups is 2. The van der Waals surface area contributed by atoms with Crippen LogP contribution in [0.4, 0.5) is 10.5 Å². The monoisotopic (exact) mass is 288 g/mol. The molecule has 21 heavy (non-hydrogen) atoms. The molecule has 2 rings (SSSR count). The van der Waals surface area contributed by atoms with Crippen LogP contribution in [0.5, 0.6) is 0 Å². The Morgan fingerprint density at radius 3 is 2.71 bits per heavy atom. The van der Waals surface area contributed by atoms with E-state index in [1.54, 1.807) is 19.1 Å². The number of oxazole rings is 1. The number of hydrogen-bond acceptors (Lipinski definition) is 4. The number of para-hydroxylation sites is 1. The van der Waals surface area contributed by atoms with E-state index in [1.807, 2.05) is 18.2 Å². The number of urea groups is 1. The molecule has 1 heterocycles. The lowest BCUT2D eigenvalue weighted by molar-refractivity contribution is -0.117. The molecule has 0 bridgehead atoms. The summed E-state index contributed by atoms with van der Waals surface area (Å²) < 4.78 is 4.98. The van der Waals surface area contributed by atoms with Crippen LogP contribution in [0.3, 0.4) is 0 Å². The van der Waals surface area contributed by atoms with E-state index < -0.39 is 12.1 Å². The van der Waals surface area contributed by atoms with Crippen molar-refractivity contribution in [1.82, 2.24) is 15.6 Å². The van der Waals surface area contributed by atoms with Crippen molar-refractivity contribution in [3.8, 4) is 0 Å². The van der Waals surface area contributed by atoms with Gasteiger partial charge in [-0.05, 0) is 19.1 Å². The molecule has 3 N–H and O–H groups in total. The highest BCUT2D eigenvalue weighted by Crippen LogP contribution is 2.05. The lowest BCUT2D eigenvalue weighted by Crippen LogP contribution is -2.46. The predicted molar refractivity (Wildman–Crippen MR) is 76.4 cm³/mol. The van der Waals surface area contributed by atoms with Gasteiger partial charge < -0.3 is 20.4 Å². The topological polar surface area (TPSA) is 96.3 Å². The van der Waals surface area contributed by atoms with Gasteiger partial charge in [-0.1, -0.05) is 18.2 Å². The minimum Gasteiger partial charge on any atom is -0.447 e. The van der Waals surface area contributed by atoms with Gasteiger partial charge >= 0.3 is 6.03 Å². The third-order valence-corrected chi connectivity index (χ3v) is 2.69. The second-order valence-electron chi connectivity index (χ2n) is 4.37. The summed E-state index contributed by atoms with van der Waals surface area (Å²) in [5.74, 6) is 0.238. The van der Waals surface area contributed by atoms with Crippen molar-refractivity contribution in [2.75, 3.05) is 5.32 Å². The standard InChI is InChI=1S/C14H16N4O3/c1-10(13(19)18-11-5-3-2-4-6-11)17-14(20)16-8-12-7-15-9-21-12/h2-7,9-10H,8H2,1H3,(H,18,19)(H2,16,17,20). The van der Waals surface area contributed by atoms with Gasteiger partial charge in [-0.3, -0.25) is 4.79 Å². The van der Waals surface area contributed by atoms with Crippen LogP contribution in [0.25, 0.3) is 0 Å². The average molecular weight is 288 g/mol. The van der Waals surface area contributed by atoms with Gasteiger partial charge in [0.2, 0.25) is 5.91 Å². The van der Waals surface area contributed by atoms with Crippen LogP contribution in [0, 0.1) is 0 Å². The van der Waals surface area contributed by atoms with Gasteiger partial charge in [0.25, 0.3) is 0 Å². The predicted octanol–water partition coefficient (Wildman–Crippen LogP) is 1.50. The lowest BCUT2D eigenvalue weighted by atomic mass is 10.2. The van der Waals surface area contributed by atoms with E-state index in [-0.39, 0.29) is 12.5 Å². The summed E-state index contributed by atoms with van der Waals surface area (Å²) in [6.07, 6.45) is 2.79. The van der Waals surface area contributed by atoms with Crippen molar-refractivity contribution >= 4 is 17.6 Å². The molecule has 0 saturated carbocycles. The number of nitrogens with zero attached hydrogens (tertiary/aromatic N) is 1. The molecule has 0 saturated heterocycles. The highest BCUT2D eigenvalue weighted by atomic mass is 16.3. The Morgan fingerprint density at radius 2 is 2.05 bits per heavy atom. The van der Waals surface area contributed by atoms with Crippen LogP contribution >= 0.6 is 0 Å². The van der Waals surface area contributed by atoms with Crippen molar-refractivity contribution in [1.29, 1.82) is 0 Å². The highest BCUT2D eigenvalue weighted by Gasteiger charge is 2.15. The van der Waals surface area contributed by atoms with Crippen LogP contribution in [0.15, 0.2) is 47.3 Å². The van der Waals surface area contributed by atoms with Gasteiger partial charge in [-0.25, -0.2) is 9.78 Å². The number of nitrogens with one attached hydrogen (secondary N) is 3. The normalized spacial score (nSPS) is 11.5. The van der Waals surface area contributed by atoms with E-state index in [0.717, 1.165) is 0 Å². The summed E-state index contributed by atoms with van der Waals surface area (Å²) in [4.78, 5) is 27.3. The van der Waals surface area contributed by atoms with E-state index in [2.05, 4.69) is 20.9 Å². The second-order valence-corrected chi connectivity index (χ2v) is 4.37. The molecule has 0 aliphatic carbocycles. The summed E-state index contributed by atoms with van der Waals surface area (Å²) in [5, 5.41) is 7.82. The maximum atomic E-state index is 11.9. The fraction of sp³-hybridized carbons (Fsp3) is 0.214. The Balaban J connectivity index is 1.76. The van der Waals surface area contributed by atoms with Crippen molar-refractivity contribution in [3.05, 3.63) is 48.7 Å². The second kappa shape index (κ2) is 7.09. The van der Waals surface area contributed by atoms with E-state index in [0.29, 0.717) is 11.4 Å². The van der Waals surface area contributed by atoms with Crippen molar-refractivity contribution in [2.45, 2.75) is 19.5 Å². The molecular formula is C14H16N4O3. The number of anilines is 1. The van der Waals surface area contributed by atoms with Crippen molar-refractivity contribution in [2.24, 2.45) is 0 Å². The average Bonchev–Trinajstić information content (AvgIpc) is 2.99. The molecule has 110 valence electrons. The first-order chi connectivity index (χ1) is 10.1. The van der Waals surface area contributed by atoms with E-state index in [4.69, 9.17) is 4.42 Å². The highest BCUT2D eigenvalue weighted by molar-refractivity contribution is 5.96. The Morgan fingerprint density at radius 1 is 1.29 bits per heavy atom. The molecule has 1 unspecified atom stereocenters. The first-order valence-corrected chi connectivity index (χ1v) is 6.43. The smallest absolute Gasteiger partial charge is 0.315 e. The molecule has 0 aliphatic rings. The maximum absolute atomic E-state index is 11.9. The fourth-order valence-electron chi connectivity index (χ4n) is 1.58. The zero-order chi connectivity index (χ0) is 15.1. The molecular weight excluding hydrogens is 272 g/mol. The number of rotatable bonds is 5. The molecule has 1 aromatic carbocycles. The van der Waals surface area contributed by atoms with Gasteiger partial charge in [0.05, 0.1) is 12.7 Å². The van der Waals surface area contributed by atoms with Crippen LogP contribution < -0.4 is 16.0 Å². The van der Waals surface area contributed by atoms with Crippen molar-refractivity contribution < 1.29 is 14.0 Å². The summed E-state index contributed by atoms with van der Waals surface area (Å²) >= 11 is 0. The summed E-state index contributed by atoms with van der Waals surface area (Å²) in [5.41, 5.74) is 0.679. The minimum absolute atomic E-state index is 0.207. The quantitative estimate of drug-likeness (QED) is 0.776. The van der Waals surface area contributed by atoms with E-state index >= 15 is 0 Å². The Labute approximate surface area is 121 Å². The van der Waals surface area contributed by atoms with Gasteiger partial charge in [0.1, 0.15) is 11.8 Å². The van der Waals surface area contributed by atoms with Gasteiger partial charge in [-0.15, -0.1) is 0 Å². The zero-order valence-corrected chi connectivity index (χ0v) is 11.5. The first kappa shape index (κ1) is 14.6. The molecule has 0 radical (unpaired) electrons. The third-order valence-electron chi connectivity index (χ3n) is 2.69. The number of carbonyl (C=O) groups excluding carboxylic acids is 2. The van der Waals surface area contributed by atoms with Gasteiger partial charge in [0.15, 0.2) is 6.39 Å². The van der Waals surface area contributed by atoms with E-state index in [1.165, 1.54) is 12.6 Å². The first-order valence-electron chi connectivity index (χ1n) is 6.43. The van der Waals surface area contributed by atoms with Crippen LogP contribution in [-0.4, -0.2) is 23.0 Å². The number of amides is 3. The Hall–Kier alpha value is -2.83. The molecule has 0 aliphatic heterocycles. The molecule has 7 heteroatoms. The third kappa shape index (κ3) is 4.64. The largest absolute Gasteiger partial charge is 0.447 e. The minimum atomic E-state index is -0.667. The molecule has 0 spiro atoms. The van der Waals surface area contributed by atoms with Gasteiger partial charge in [-0.2, -0.15) is 0 Å². The lowest BCUT2D eigenvalue weighted by Gasteiger charge is -2.14. The number of aromatic nitrogens is 1. The maximum Gasteiger partial charge on any atom is 0.315 e. The fourth-order valence-corrected chi connectivity index (χ4v) is 1.58. The number of benzene rings is 1. The summed E-state index contributed by atoms with van der Waals surface area (Å²) in [6.45, 7) is 1.81. The van der Waals surface area contributed by atoms with Crippen LogP contribution in [0.2, 0.25) is 0 Å². The molecule has 1 aromatic heterocycles. The molecule has 0 fully saturated rings. The zero-order valence-electron chi connectivity index (χ0n) is 11.5. The Bertz CT molecular complexity index is 584. The molecule has 1 atom stereocenters. The van der Waals surface area contributed by atoms with Gasteiger partial charge in [0, 0.05) is 5.69 Å². The SMILES string of the molecule is CC(NC(=O)NCc1cnco1)C(=O)Nc1ccccc1. The Kier molecular flexibility index (Phi) is 4.92. The summed E-state index contributed by atoms with van der Waals surface area (Å²) in [7, 11) is 0. The van der Waals surface area contributed by atoms with E-state index in [9.17, 15) is 9.59 Å². The molecule has 3 amide bonds. The molecule has 2 aromatic rings. The summed E-state index contributed by atoms with van der Waals surface area (Å²) in [6, 6.07) is 7.91.